The van der Waals surface area contributed by atoms with Crippen LogP contribution in [0.1, 0.15) is 20.8 Å². The number of aromatic nitrogens is 3. The third-order valence-corrected chi connectivity index (χ3v) is 6.09. The number of H-pyrrole nitrogens is 1. The zero-order valence-electron chi connectivity index (χ0n) is 13.1. The van der Waals surface area contributed by atoms with Crippen molar-refractivity contribution in [2.24, 2.45) is 0 Å². The first-order chi connectivity index (χ1) is 11.8. The molecule has 0 saturated carbocycles. The zero-order valence-corrected chi connectivity index (χ0v) is 13.9. The quantitative estimate of drug-likeness (QED) is 0.774. The van der Waals surface area contributed by atoms with Crippen molar-refractivity contribution in [3.05, 3.63) is 45.6 Å². The maximum Gasteiger partial charge on any atom is 0.254 e. The number of hydrogen-bond acceptors (Lipinski definition) is 5. The average molecular weight is 339 g/mol. The Bertz CT molecular complexity index is 910. The molecule has 122 valence electrons. The van der Waals surface area contributed by atoms with Crippen LogP contribution >= 0.6 is 11.3 Å². The van der Waals surface area contributed by atoms with E-state index in [1.807, 2.05) is 34.4 Å². The van der Waals surface area contributed by atoms with Gasteiger partial charge < -0.3 is 4.90 Å². The van der Waals surface area contributed by atoms with Crippen LogP contribution in [0.5, 0.6) is 0 Å². The Balaban J connectivity index is 1.25. The van der Waals surface area contributed by atoms with Gasteiger partial charge in [-0.3, -0.25) is 9.69 Å². The minimum atomic E-state index is 0.0874. The number of nitrogens with one attached hydrogen (secondary N) is 1. The summed E-state index contributed by atoms with van der Waals surface area (Å²) in [5.41, 5.74) is 3.67. The number of fused-ring (bicyclic) bond motifs is 2. The topological polar surface area (TPSA) is 65.1 Å². The molecule has 4 heterocycles. The maximum atomic E-state index is 12.6. The van der Waals surface area contributed by atoms with Crippen molar-refractivity contribution in [2.75, 3.05) is 19.6 Å². The molecule has 5 rings (SSSR count). The number of carbonyl (C=O) groups is 1. The molecule has 0 spiro atoms. The summed E-state index contributed by atoms with van der Waals surface area (Å²) in [5.74, 6) is 0.0874. The van der Waals surface area contributed by atoms with E-state index in [1.165, 1.54) is 10.4 Å². The first-order valence-corrected chi connectivity index (χ1v) is 9.05. The minimum Gasteiger partial charge on any atom is -0.335 e. The van der Waals surface area contributed by atoms with Crippen molar-refractivity contribution in [1.82, 2.24) is 25.2 Å². The van der Waals surface area contributed by atoms with Gasteiger partial charge in [-0.05, 0) is 41.6 Å². The van der Waals surface area contributed by atoms with E-state index >= 15 is 0 Å². The summed E-state index contributed by atoms with van der Waals surface area (Å²) in [6.45, 7) is 3.76. The van der Waals surface area contributed by atoms with E-state index in [2.05, 4.69) is 31.8 Å². The number of carbonyl (C=O) groups excluding carboxylic acids is 1. The monoisotopic (exact) mass is 339 g/mol. The van der Waals surface area contributed by atoms with Gasteiger partial charge in [-0.25, -0.2) is 0 Å². The molecule has 2 aliphatic rings. The predicted octanol–water partition coefficient (Wildman–Crippen LogP) is 1.90. The van der Waals surface area contributed by atoms with Crippen LogP contribution in [-0.4, -0.2) is 56.8 Å². The van der Waals surface area contributed by atoms with Crippen LogP contribution in [0.3, 0.4) is 0 Å². The van der Waals surface area contributed by atoms with Crippen molar-refractivity contribution in [3.63, 3.8) is 0 Å². The molecule has 6 nitrogen and oxygen atoms in total. The molecule has 1 saturated heterocycles. The predicted molar refractivity (Wildman–Crippen MR) is 92.0 cm³/mol. The highest BCUT2D eigenvalue weighted by Gasteiger charge is 2.36. The van der Waals surface area contributed by atoms with E-state index in [4.69, 9.17) is 0 Å². The first kappa shape index (κ1) is 14.1. The molecule has 0 bridgehead atoms. The average Bonchev–Trinajstić information content (AvgIpc) is 3.21. The largest absolute Gasteiger partial charge is 0.335 e. The number of benzene rings is 1. The van der Waals surface area contributed by atoms with Crippen LogP contribution < -0.4 is 0 Å². The second-order valence-electron chi connectivity index (χ2n) is 6.48. The lowest BCUT2D eigenvalue weighted by Crippen LogP contribution is -2.61. The summed E-state index contributed by atoms with van der Waals surface area (Å²) >= 11 is 1.86. The molecule has 24 heavy (non-hydrogen) atoms. The SMILES string of the molecule is O=C(c1ccc2n[nH]nc2c1)N1CC(N2CCc3sccc3C2)C1. The molecule has 7 heteroatoms. The Morgan fingerprint density at radius 2 is 2.08 bits per heavy atom. The highest BCUT2D eigenvalue weighted by atomic mass is 32.1. The van der Waals surface area contributed by atoms with E-state index in [0.717, 1.165) is 43.6 Å². The fourth-order valence-electron chi connectivity index (χ4n) is 3.59. The minimum absolute atomic E-state index is 0.0874. The normalized spacial score (nSPS) is 18.6. The smallest absolute Gasteiger partial charge is 0.254 e. The van der Waals surface area contributed by atoms with E-state index in [-0.39, 0.29) is 5.91 Å². The van der Waals surface area contributed by atoms with Gasteiger partial charge in [-0.1, -0.05) is 0 Å². The molecule has 2 aromatic heterocycles. The van der Waals surface area contributed by atoms with E-state index < -0.39 is 0 Å². The lowest BCUT2D eigenvalue weighted by atomic mass is 10.0. The maximum absolute atomic E-state index is 12.6. The molecule has 0 unspecified atom stereocenters. The number of likely N-dealkylation sites (tertiary alicyclic amines) is 1. The lowest BCUT2D eigenvalue weighted by Gasteiger charge is -2.46. The first-order valence-electron chi connectivity index (χ1n) is 8.17. The number of amides is 1. The number of hydrogen-bond donors (Lipinski definition) is 1. The third-order valence-electron chi connectivity index (χ3n) is 5.07. The number of aromatic amines is 1. The molecule has 0 aliphatic carbocycles. The Labute approximate surface area is 143 Å². The van der Waals surface area contributed by atoms with E-state index in [1.54, 1.807) is 0 Å². The van der Waals surface area contributed by atoms with Crippen molar-refractivity contribution < 1.29 is 4.79 Å². The lowest BCUT2D eigenvalue weighted by molar-refractivity contribution is 0.0221. The summed E-state index contributed by atoms with van der Waals surface area (Å²) in [7, 11) is 0. The molecular weight excluding hydrogens is 322 g/mol. The molecule has 0 radical (unpaired) electrons. The standard InChI is InChI=1S/C17H17N5OS/c23-17(11-1-2-14-15(7-11)19-20-18-14)22-9-13(10-22)21-5-3-16-12(8-21)4-6-24-16/h1-2,4,6-7,13H,3,5,8-10H2,(H,18,19,20). The highest BCUT2D eigenvalue weighted by molar-refractivity contribution is 7.10. The van der Waals surface area contributed by atoms with Gasteiger partial charge in [-0.2, -0.15) is 15.4 Å². The second kappa shape index (κ2) is 5.39. The summed E-state index contributed by atoms with van der Waals surface area (Å²) < 4.78 is 0. The Hall–Kier alpha value is -2.25. The van der Waals surface area contributed by atoms with Gasteiger partial charge in [0.1, 0.15) is 11.0 Å². The summed E-state index contributed by atoms with van der Waals surface area (Å²) in [4.78, 5) is 18.6. The van der Waals surface area contributed by atoms with Crippen LogP contribution in [-0.2, 0) is 13.0 Å². The Morgan fingerprint density at radius 1 is 1.21 bits per heavy atom. The zero-order chi connectivity index (χ0) is 16.1. The molecule has 0 atom stereocenters. The van der Waals surface area contributed by atoms with Crippen LogP contribution in [0.15, 0.2) is 29.6 Å². The van der Waals surface area contributed by atoms with Gasteiger partial charge in [0.15, 0.2) is 0 Å². The van der Waals surface area contributed by atoms with Gasteiger partial charge in [0.25, 0.3) is 5.91 Å². The van der Waals surface area contributed by atoms with Gasteiger partial charge in [0.05, 0.1) is 0 Å². The van der Waals surface area contributed by atoms with Gasteiger partial charge >= 0.3 is 0 Å². The Kier molecular flexibility index (Phi) is 3.17. The highest BCUT2D eigenvalue weighted by Crippen LogP contribution is 2.28. The van der Waals surface area contributed by atoms with Gasteiger partial charge in [0, 0.05) is 42.7 Å². The fourth-order valence-corrected chi connectivity index (χ4v) is 4.48. The van der Waals surface area contributed by atoms with Crippen LogP contribution in [0.2, 0.25) is 0 Å². The summed E-state index contributed by atoms with van der Waals surface area (Å²) in [5, 5.41) is 12.8. The number of rotatable bonds is 2. The van der Waals surface area contributed by atoms with Crippen molar-refractivity contribution >= 4 is 28.3 Å². The van der Waals surface area contributed by atoms with Gasteiger partial charge in [0.2, 0.25) is 0 Å². The van der Waals surface area contributed by atoms with Crippen molar-refractivity contribution in [3.8, 4) is 0 Å². The second-order valence-corrected chi connectivity index (χ2v) is 7.48. The third kappa shape index (κ3) is 2.23. The van der Waals surface area contributed by atoms with Gasteiger partial charge in [-0.15, -0.1) is 11.3 Å². The van der Waals surface area contributed by atoms with Crippen molar-refractivity contribution in [2.45, 2.75) is 19.0 Å². The summed E-state index contributed by atoms with van der Waals surface area (Å²) in [6, 6.07) is 8.21. The molecule has 1 aromatic carbocycles. The molecule has 2 aliphatic heterocycles. The van der Waals surface area contributed by atoms with E-state index in [0.29, 0.717) is 11.6 Å². The number of nitrogens with zero attached hydrogens (tertiary/aromatic N) is 4. The van der Waals surface area contributed by atoms with Crippen LogP contribution in [0, 0.1) is 0 Å². The molecule has 1 fully saturated rings. The molecule has 1 N–H and O–H groups in total. The number of thiophene rings is 1. The molecular formula is C17H17N5OS. The van der Waals surface area contributed by atoms with E-state index in [9.17, 15) is 4.79 Å². The van der Waals surface area contributed by atoms with Crippen LogP contribution in [0.25, 0.3) is 11.0 Å². The van der Waals surface area contributed by atoms with Crippen LogP contribution in [0.4, 0.5) is 0 Å². The molecule has 1 amide bonds. The Morgan fingerprint density at radius 3 is 3.00 bits per heavy atom. The van der Waals surface area contributed by atoms with Crippen molar-refractivity contribution in [1.29, 1.82) is 0 Å². The molecule has 3 aromatic rings. The fraction of sp³-hybridized carbons (Fsp3) is 0.353. The summed E-state index contributed by atoms with van der Waals surface area (Å²) in [6.07, 6.45) is 1.14.